The molecule has 1 amide bonds. The standard InChI is InChI=1S/C26H29N3O4S3/c1-18-11-14-34-25(18)36(32,33)29-21-10-6-9-20-15-22(28-23(20)21)24(31)27-17-26(2,12-13-30)35-16-19-7-4-3-5-8-19/h3-11,14-15,28-30H,12-13,16-17H2,1-2H3,(H,27,31). The van der Waals surface area contributed by atoms with Gasteiger partial charge < -0.3 is 15.4 Å². The van der Waals surface area contributed by atoms with Gasteiger partial charge in [-0.2, -0.15) is 0 Å². The minimum absolute atomic E-state index is 0.0216. The number of aryl methyl sites for hydroxylation is 1. The molecular formula is C26H29N3O4S3. The number of thiophene rings is 1. The van der Waals surface area contributed by atoms with Crippen LogP contribution in [0.25, 0.3) is 10.9 Å². The molecule has 0 saturated heterocycles. The second kappa shape index (κ2) is 11.1. The van der Waals surface area contributed by atoms with Crippen LogP contribution in [0.15, 0.2) is 70.3 Å². The fourth-order valence-electron chi connectivity index (χ4n) is 3.83. The molecule has 0 fully saturated rings. The Morgan fingerprint density at radius 3 is 2.61 bits per heavy atom. The first-order chi connectivity index (χ1) is 17.2. The van der Waals surface area contributed by atoms with Crippen molar-refractivity contribution >= 4 is 55.6 Å². The molecule has 4 aromatic rings. The van der Waals surface area contributed by atoms with E-state index in [1.54, 1.807) is 48.3 Å². The third kappa shape index (κ3) is 6.12. The van der Waals surface area contributed by atoms with Gasteiger partial charge in [0.25, 0.3) is 15.9 Å². The topological polar surface area (TPSA) is 111 Å². The maximum absolute atomic E-state index is 13.0. The largest absolute Gasteiger partial charge is 0.396 e. The molecule has 7 nitrogen and oxygen atoms in total. The highest BCUT2D eigenvalue weighted by Crippen LogP contribution is 2.32. The molecule has 2 aromatic heterocycles. The van der Waals surface area contributed by atoms with Crippen molar-refractivity contribution in [2.45, 2.75) is 35.0 Å². The third-order valence-electron chi connectivity index (χ3n) is 5.90. The second-order valence-corrected chi connectivity index (χ2v) is 13.2. The summed E-state index contributed by atoms with van der Waals surface area (Å²) in [6.45, 7) is 4.18. The molecule has 1 unspecified atom stereocenters. The van der Waals surface area contributed by atoms with Gasteiger partial charge in [-0.05, 0) is 55.0 Å². The molecule has 0 spiro atoms. The Labute approximate surface area is 219 Å². The summed E-state index contributed by atoms with van der Waals surface area (Å²) in [7, 11) is -3.75. The zero-order valence-corrected chi connectivity index (χ0v) is 22.5. The van der Waals surface area contributed by atoms with Gasteiger partial charge in [0.2, 0.25) is 0 Å². The van der Waals surface area contributed by atoms with E-state index < -0.39 is 10.0 Å². The van der Waals surface area contributed by atoms with Gasteiger partial charge in [-0.3, -0.25) is 9.52 Å². The van der Waals surface area contributed by atoms with Crippen LogP contribution in [0.3, 0.4) is 0 Å². The Kier molecular flexibility index (Phi) is 8.09. The maximum Gasteiger partial charge on any atom is 0.271 e. The van der Waals surface area contributed by atoms with Gasteiger partial charge in [0.1, 0.15) is 9.90 Å². The molecule has 0 aliphatic carbocycles. The van der Waals surface area contributed by atoms with Crippen molar-refractivity contribution in [1.29, 1.82) is 0 Å². The number of para-hydroxylation sites is 1. The van der Waals surface area contributed by atoms with Crippen LogP contribution < -0.4 is 10.0 Å². The molecule has 0 aliphatic heterocycles. The van der Waals surface area contributed by atoms with E-state index in [1.165, 1.54) is 5.56 Å². The molecule has 4 rings (SSSR count). The van der Waals surface area contributed by atoms with Gasteiger partial charge in [-0.1, -0.05) is 42.5 Å². The Balaban J connectivity index is 1.48. The zero-order chi connectivity index (χ0) is 25.8. The van der Waals surface area contributed by atoms with E-state index >= 15 is 0 Å². The van der Waals surface area contributed by atoms with E-state index in [4.69, 9.17) is 0 Å². The number of carbonyl (C=O) groups excluding carboxylic acids is 1. The first kappa shape index (κ1) is 26.3. The normalized spacial score (nSPS) is 13.4. The number of thioether (sulfide) groups is 1. The number of aromatic amines is 1. The van der Waals surface area contributed by atoms with Gasteiger partial charge in [0.05, 0.1) is 11.2 Å². The highest BCUT2D eigenvalue weighted by atomic mass is 32.2. The molecule has 2 heterocycles. The van der Waals surface area contributed by atoms with E-state index in [0.29, 0.717) is 35.4 Å². The van der Waals surface area contributed by atoms with E-state index in [-0.39, 0.29) is 21.5 Å². The fraction of sp³-hybridized carbons (Fsp3) is 0.269. The lowest BCUT2D eigenvalue weighted by atomic mass is 10.1. The van der Waals surface area contributed by atoms with E-state index in [9.17, 15) is 18.3 Å². The van der Waals surface area contributed by atoms with Crippen molar-refractivity contribution in [3.63, 3.8) is 0 Å². The maximum atomic E-state index is 13.0. The SMILES string of the molecule is Cc1ccsc1S(=O)(=O)Nc1cccc2cc(C(=O)NCC(C)(CCO)SCc3ccccc3)[nH]c12. The van der Waals surface area contributed by atoms with Crippen molar-refractivity contribution in [3.8, 4) is 0 Å². The van der Waals surface area contributed by atoms with Crippen molar-refractivity contribution < 1.29 is 18.3 Å². The summed E-state index contributed by atoms with van der Waals surface area (Å²) in [4.78, 5) is 16.1. The first-order valence-electron chi connectivity index (χ1n) is 11.5. The van der Waals surface area contributed by atoms with E-state index in [1.807, 2.05) is 31.2 Å². The zero-order valence-electron chi connectivity index (χ0n) is 20.1. The van der Waals surface area contributed by atoms with Crippen LogP contribution in [0.5, 0.6) is 0 Å². The minimum Gasteiger partial charge on any atom is -0.396 e. The number of hydrogen-bond acceptors (Lipinski definition) is 6. The van der Waals surface area contributed by atoms with Gasteiger partial charge in [-0.15, -0.1) is 23.1 Å². The summed E-state index contributed by atoms with van der Waals surface area (Å²) >= 11 is 2.85. The van der Waals surface area contributed by atoms with Gasteiger partial charge in [0.15, 0.2) is 0 Å². The van der Waals surface area contributed by atoms with Crippen LogP contribution in [-0.4, -0.2) is 42.3 Å². The number of benzene rings is 2. The lowest BCUT2D eigenvalue weighted by Crippen LogP contribution is -2.39. The highest BCUT2D eigenvalue weighted by Gasteiger charge is 2.26. The average molecular weight is 544 g/mol. The molecule has 0 bridgehead atoms. The summed E-state index contributed by atoms with van der Waals surface area (Å²) in [6, 6.07) is 18.8. The Bertz CT molecular complexity index is 1450. The molecule has 190 valence electrons. The number of aliphatic hydroxyl groups is 1. The van der Waals surface area contributed by atoms with E-state index in [2.05, 4.69) is 27.2 Å². The summed E-state index contributed by atoms with van der Waals surface area (Å²) in [5.74, 6) is 0.478. The van der Waals surface area contributed by atoms with Crippen molar-refractivity contribution in [2.75, 3.05) is 17.9 Å². The molecule has 0 radical (unpaired) electrons. The number of rotatable bonds is 11. The summed E-state index contributed by atoms with van der Waals surface area (Å²) in [5.41, 5.74) is 3.12. The number of H-pyrrole nitrogens is 1. The summed E-state index contributed by atoms with van der Waals surface area (Å²) in [5, 5.41) is 15.0. The van der Waals surface area contributed by atoms with Crippen LogP contribution in [-0.2, 0) is 15.8 Å². The van der Waals surface area contributed by atoms with Gasteiger partial charge in [0, 0.05) is 29.0 Å². The van der Waals surface area contributed by atoms with Crippen LogP contribution in [0, 0.1) is 6.92 Å². The van der Waals surface area contributed by atoms with Gasteiger partial charge >= 0.3 is 0 Å². The number of aliphatic hydroxyl groups excluding tert-OH is 1. The quantitative estimate of drug-likeness (QED) is 0.209. The number of hydrogen-bond donors (Lipinski definition) is 4. The second-order valence-electron chi connectivity index (χ2n) is 8.83. The molecule has 2 aromatic carbocycles. The molecule has 36 heavy (non-hydrogen) atoms. The Morgan fingerprint density at radius 1 is 1.14 bits per heavy atom. The number of aromatic nitrogens is 1. The lowest BCUT2D eigenvalue weighted by Gasteiger charge is -2.28. The summed E-state index contributed by atoms with van der Waals surface area (Å²) < 4.78 is 28.3. The Hall–Kier alpha value is -2.79. The molecular weight excluding hydrogens is 515 g/mol. The smallest absolute Gasteiger partial charge is 0.271 e. The predicted octanol–water partition coefficient (Wildman–Crippen LogP) is 5.14. The number of fused-ring (bicyclic) bond motifs is 1. The summed E-state index contributed by atoms with van der Waals surface area (Å²) in [6.07, 6.45) is 0.533. The number of sulfonamides is 1. The van der Waals surface area contributed by atoms with Crippen molar-refractivity contribution in [2.24, 2.45) is 0 Å². The molecule has 0 aliphatic rings. The fourth-order valence-corrected chi connectivity index (χ4v) is 7.44. The highest BCUT2D eigenvalue weighted by molar-refractivity contribution is 7.99. The average Bonchev–Trinajstić information content (AvgIpc) is 3.49. The minimum atomic E-state index is -3.75. The number of amides is 1. The van der Waals surface area contributed by atoms with Crippen LogP contribution >= 0.6 is 23.1 Å². The number of carbonyl (C=O) groups is 1. The molecule has 0 saturated carbocycles. The number of nitrogens with one attached hydrogen (secondary N) is 3. The molecule has 4 N–H and O–H groups in total. The number of anilines is 1. The molecule has 10 heteroatoms. The monoisotopic (exact) mass is 543 g/mol. The lowest BCUT2D eigenvalue weighted by molar-refractivity contribution is 0.0944. The predicted molar refractivity (Wildman–Crippen MR) is 148 cm³/mol. The first-order valence-corrected chi connectivity index (χ1v) is 14.8. The van der Waals surface area contributed by atoms with Crippen LogP contribution in [0.1, 0.15) is 35.0 Å². The van der Waals surface area contributed by atoms with E-state index in [0.717, 1.165) is 22.5 Å². The third-order valence-corrected chi connectivity index (χ3v) is 10.5. The van der Waals surface area contributed by atoms with Crippen LogP contribution in [0.4, 0.5) is 5.69 Å². The Morgan fingerprint density at radius 2 is 1.92 bits per heavy atom. The van der Waals surface area contributed by atoms with Crippen molar-refractivity contribution in [3.05, 3.63) is 82.9 Å². The van der Waals surface area contributed by atoms with Crippen molar-refractivity contribution in [1.82, 2.24) is 10.3 Å². The van der Waals surface area contributed by atoms with Gasteiger partial charge in [-0.25, -0.2) is 8.42 Å². The van der Waals surface area contributed by atoms with Crippen LogP contribution in [0.2, 0.25) is 0 Å². The molecule has 1 atom stereocenters.